The molecule has 0 aliphatic heterocycles. The minimum absolute atomic E-state index is 0.0584. The normalized spacial score (nSPS) is 10.8. The van der Waals surface area contributed by atoms with Gasteiger partial charge in [0, 0.05) is 13.6 Å². The van der Waals surface area contributed by atoms with Crippen molar-refractivity contribution in [2.75, 3.05) is 13.6 Å². The number of aryl methyl sites for hydroxylation is 3. The Hall–Kier alpha value is -3.48. The number of hydrogen-bond acceptors (Lipinski definition) is 4. The molecule has 1 heterocycles. The molecule has 3 rings (SSSR count). The number of rotatable bonds is 5. The SMILES string of the molecule is CCN(C)C(=O)c1nn(-c2ccc(C)c(C)c2)c(=O)n(Cc2cccc(C)c2)c1=O. The second kappa shape index (κ2) is 8.49. The summed E-state index contributed by atoms with van der Waals surface area (Å²) in [5.41, 5.74) is 2.84. The molecule has 2 aromatic carbocycles. The van der Waals surface area contributed by atoms with Gasteiger partial charge in [-0.3, -0.25) is 14.2 Å². The maximum atomic E-state index is 13.2. The Labute approximate surface area is 175 Å². The highest BCUT2D eigenvalue weighted by Gasteiger charge is 2.22. The zero-order valence-electron chi connectivity index (χ0n) is 18.0. The molecule has 0 saturated carbocycles. The number of carbonyl (C=O) groups is 1. The van der Waals surface area contributed by atoms with E-state index in [1.807, 2.05) is 64.1 Å². The van der Waals surface area contributed by atoms with Crippen molar-refractivity contribution in [1.82, 2.24) is 19.2 Å². The van der Waals surface area contributed by atoms with E-state index in [2.05, 4.69) is 5.10 Å². The second-order valence-electron chi connectivity index (χ2n) is 7.51. The highest BCUT2D eigenvalue weighted by Crippen LogP contribution is 2.12. The minimum Gasteiger partial charge on any atom is -0.340 e. The lowest BCUT2D eigenvalue weighted by Gasteiger charge is -2.16. The molecule has 0 atom stereocenters. The van der Waals surface area contributed by atoms with Gasteiger partial charge in [-0.1, -0.05) is 35.9 Å². The van der Waals surface area contributed by atoms with Crippen LogP contribution in [0.5, 0.6) is 0 Å². The van der Waals surface area contributed by atoms with Gasteiger partial charge in [0.25, 0.3) is 11.5 Å². The first kappa shape index (κ1) is 21.2. The van der Waals surface area contributed by atoms with Crippen molar-refractivity contribution in [2.24, 2.45) is 0 Å². The van der Waals surface area contributed by atoms with Gasteiger partial charge < -0.3 is 4.90 Å². The predicted molar refractivity (Wildman–Crippen MR) is 116 cm³/mol. The first-order valence-corrected chi connectivity index (χ1v) is 9.85. The van der Waals surface area contributed by atoms with Crippen LogP contribution < -0.4 is 11.2 Å². The van der Waals surface area contributed by atoms with E-state index in [-0.39, 0.29) is 12.2 Å². The number of hydrogen-bond donors (Lipinski definition) is 0. The summed E-state index contributed by atoms with van der Waals surface area (Å²) in [6.07, 6.45) is 0. The molecule has 0 aliphatic carbocycles. The molecule has 0 unspecified atom stereocenters. The van der Waals surface area contributed by atoms with Crippen LogP contribution in [0.1, 0.15) is 39.7 Å². The Morgan fingerprint density at radius 3 is 2.40 bits per heavy atom. The van der Waals surface area contributed by atoms with Crippen molar-refractivity contribution < 1.29 is 4.79 Å². The van der Waals surface area contributed by atoms with Crippen LogP contribution in [-0.4, -0.2) is 38.7 Å². The average Bonchev–Trinajstić information content (AvgIpc) is 2.72. The van der Waals surface area contributed by atoms with Gasteiger partial charge >= 0.3 is 5.69 Å². The third kappa shape index (κ3) is 4.10. The lowest BCUT2D eigenvalue weighted by molar-refractivity contribution is 0.0791. The van der Waals surface area contributed by atoms with Gasteiger partial charge in [-0.25, -0.2) is 4.79 Å². The van der Waals surface area contributed by atoms with E-state index in [4.69, 9.17) is 0 Å². The molecule has 0 spiro atoms. The maximum Gasteiger partial charge on any atom is 0.352 e. The Bertz CT molecular complexity index is 1220. The molecule has 0 fully saturated rings. The number of aromatic nitrogens is 3. The highest BCUT2D eigenvalue weighted by atomic mass is 16.2. The van der Waals surface area contributed by atoms with Crippen molar-refractivity contribution in [3.8, 4) is 5.69 Å². The largest absolute Gasteiger partial charge is 0.352 e. The topological polar surface area (TPSA) is 77.2 Å². The molecule has 0 aliphatic rings. The van der Waals surface area contributed by atoms with E-state index in [1.54, 1.807) is 13.1 Å². The first-order chi connectivity index (χ1) is 14.2. The third-order valence-corrected chi connectivity index (χ3v) is 5.24. The lowest BCUT2D eigenvalue weighted by Crippen LogP contribution is -2.46. The molecule has 30 heavy (non-hydrogen) atoms. The Morgan fingerprint density at radius 2 is 1.77 bits per heavy atom. The summed E-state index contributed by atoms with van der Waals surface area (Å²) in [5.74, 6) is -0.516. The van der Waals surface area contributed by atoms with Gasteiger partial charge in [-0.2, -0.15) is 9.78 Å². The molecule has 0 saturated heterocycles. The predicted octanol–water partition coefficient (Wildman–Crippen LogP) is 2.46. The van der Waals surface area contributed by atoms with E-state index < -0.39 is 17.2 Å². The zero-order valence-corrected chi connectivity index (χ0v) is 18.0. The van der Waals surface area contributed by atoms with E-state index in [9.17, 15) is 14.4 Å². The quantitative estimate of drug-likeness (QED) is 0.652. The Kier molecular flexibility index (Phi) is 6.01. The van der Waals surface area contributed by atoms with Crippen LogP contribution in [0.2, 0.25) is 0 Å². The number of benzene rings is 2. The van der Waals surface area contributed by atoms with Gasteiger partial charge in [0.15, 0.2) is 0 Å². The molecule has 1 amide bonds. The smallest absolute Gasteiger partial charge is 0.340 e. The minimum atomic E-state index is -0.688. The molecular weight excluding hydrogens is 380 g/mol. The maximum absolute atomic E-state index is 13.2. The van der Waals surface area contributed by atoms with E-state index in [0.29, 0.717) is 12.2 Å². The van der Waals surface area contributed by atoms with Crippen molar-refractivity contribution in [3.05, 3.63) is 91.3 Å². The van der Waals surface area contributed by atoms with Crippen LogP contribution in [0, 0.1) is 20.8 Å². The van der Waals surface area contributed by atoms with Crippen molar-refractivity contribution in [2.45, 2.75) is 34.2 Å². The molecule has 7 nitrogen and oxygen atoms in total. The number of carbonyl (C=O) groups excluding carboxylic acids is 1. The fourth-order valence-corrected chi connectivity index (χ4v) is 3.13. The number of amides is 1. The monoisotopic (exact) mass is 406 g/mol. The molecule has 0 radical (unpaired) electrons. The van der Waals surface area contributed by atoms with Crippen LogP contribution in [0.4, 0.5) is 0 Å². The summed E-state index contributed by atoms with van der Waals surface area (Å²) in [6, 6.07) is 13.0. The fourth-order valence-electron chi connectivity index (χ4n) is 3.13. The van der Waals surface area contributed by atoms with Crippen molar-refractivity contribution in [1.29, 1.82) is 0 Å². The molecule has 1 aromatic heterocycles. The summed E-state index contributed by atoms with van der Waals surface area (Å²) >= 11 is 0. The molecule has 7 heteroatoms. The van der Waals surface area contributed by atoms with Gasteiger partial charge in [-0.15, -0.1) is 0 Å². The zero-order chi connectivity index (χ0) is 22.0. The van der Waals surface area contributed by atoms with Gasteiger partial charge in [0.1, 0.15) is 0 Å². The Balaban J connectivity index is 2.26. The summed E-state index contributed by atoms with van der Waals surface area (Å²) in [5, 5.41) is 4.18. The summed E-state index contributed by atoms with van der Waals surface area (Å²) < 4.78 is 2.22. The summed E-state index contributed by atoms with van der Waals surface area (Å²) in [6.45, 7) is 8.13. The van der Waals surface area contributed by atoms with Gasteiger partial charge in [0.05, 0.1) is 12.2 Å². The molecular formula is C23H26N4O3. The van der Waals surface area contributed by atoms with Crippen molar-refractivity contribution in [3.63, 3.8) is 0 Å². The first-order valence-electron chi connectivity index (χ1n) is 9.85. The highest BCUT2D eigenvalue weighted by molar-refractivity contribution is 5.91. The van der Waals surface area contributed by atoms with E-state index in [1.165, 1.54) is 4.90 Å². The van der Waals surface area contributed by atoms with Crippen LogP contribution in [0.25, 0.3) is 5.69 Å². The van der Waals surface area contributed by atoms with Crippen LogP contribution in [0.15, 0.2) is 52.1 Å². The summed E-state index contributed by atoms with van der Waals surface area (Å²) in [4.78, 5) is 40.5. The molecule has 156 valence electrons. The third-order valence-electron chi connectivity index (χ3n) is 5.24. The standard InChI is InChI=1S/C23H26N4O3/c1-6-25(5)21(28)20-22(29)26(14-18-9-7-8-15(2)12-18)23(30)27(24-20)19-11-10-16(3)17(4)13-19/h7-13H,6,14H2,1-5H3. The summed E-state index contributed by atoms with van der Waals surface area (Å²) in [7, 11) is 1.60. The van der Waals surface area contributed by atoms with Crippen LogP contribution in [-0.2, 0) is 6.54 Å². The van der Waals surface area contributed by atoms with Gasteiger partial charge in [-0.05, 0) is 56.5 Å². The van der Waals surface area contributed by atoms with Gasteiger partial charge in [0.2, 0.25) is 5.69 Å². The molecule has 0 N–H and O–H groups in total. The second-order valence-corrected chi connectivity index (χ2v) is 7.51. The lowest BCUT2D eigenvalue weighted by atomic mass is 10.1. The van der Waals surface area contributed by atoms with Crippen LogP contribution in [0.3, 0.4) is 0 Å². The van der Waals surface area contributed by atoms with Crippen molar-refractivity contribution >= 4 is 5.91 Å². The number of nitrogens with zero attached hydrogens (tertiary/aromatic N) is 4. The molecule has 3 aromatic rings. The average molecular weight is 406 g/mol. The van der Waals surface area contributed by atoms with Crippen LogP contribution >= 0.6 is 0 Å². The molecule has 0 bridgehead atoms. The van der Waals surface area contributed by atoms with E-state index >= 15 is 0 Å². The van der Waals surface area contributed by atoms with E-state index in [0.717, 1.165) is 31.5 Å². The Morgan fingerprint density at radius 1 is 1.03 bits per heavy atom. The fraction of sp³-hybridized carbons (Fsp3) is 0.304.